The predicted molar refractivity (Wildman–Crippen MR) is 41.6 cm³/mol. The van der Waals surface area contributed by atoms with Crippen LogP contribution < -0.4 is 0 Å². The lowest BCUT2D eigenvalue weighted by molar-refractivity contribution is 0.224. The maximum atomic E-state index is 12.8. The van der Waals surface area contributed by atoms with Crippen molar-refractivity contribution in [2.24, 2.45) is 0 Å². The second-order valence-electron chi connectivity index (χ2n) is 2.08. The van der Waals surface area contributed by atoms with Gasteiger partial charge in [-0.25, -0.2) is 4.39 Å². The number of rotatable bonds is 2. The Morgan fingerprint density at radius 1 is 1.55 bits per heavy atom. The Morgan fingerprint density at radius 2 is 2.27 bits per heavy atom. The molecule has 1 rings (SSSR count). The standard InChI is InChI=1S/C8H7ClFO/c1-11-5-6-2-3-7(9)4-8(6)10/h2-4H,1,5H2. The molecule has 0 bridgehead atoms. The van der Waals surface area contributed by atoms with E-state index >= 15 is 0 Å². The van der Waals surface area contributed by atoms with Crippen LogP contribution in [0.25, 0.3) is 0 Å². The van der Waals surface area contributed by atoms with Crippen molar-refractivity contribution >= 4 is 11.6 Å². The third-order valence-electron chi connectivity index (χ3n) is 1.27. The normalized spacial score (nSPS) is 10.1. The number of ether oxygens (including phenoxy) is 1. The molecule has 0 N–H and O–H groups in total. The van der Waals surface area contributed by atoms with Crippen molar-refractivity contribution in [2.75, 3.05) is 0 Å². The van der Waals surface area contributed by atoms with Crippen LogP contribution in [0.4, 0.5) is 4.39 Å². The molecule has 0 aliphatic carbocycles. The van der Waals surface area contributed by atoms with E-state index in [4.69, 9.17) is 11.6 Å². The molecule has 0 saturated carbocycles. The summed E-state index contributed by atoms with van der Waals surface area (Å²) in [5.41, 5.74) is 0.462. The van der Waals surface area contributed by atoms with Crippen molar-refractivity contribution in [3.63, 3.8) is 0 Å². The topological polar surface area (TPSA) is 9.23 Å². The SMILES string of the molecule is [CH2]OCc1ccc(Cl)cc1F. The minimum atomic E-state index is -0.360. The number of hydrogen-bond acceptors (Lipinski definition) is 1. The summed E-state index contributed by atoms with van der Waals surface area (Å²) in [6, 6.07) is 4.43. The van der Waals surface area contributed by atoms with Gasteiger partial charge in [0.25, 0.3) is 0 Å². The highest BCUT2D eigenvalue weighted by molar-refractivity contribution is 6.30. The second-order valence-corrected chi connectivity index (χ2v) is 2.52. The third kappa shape index (κ3) is 2.17. The van der Waals surface area contributed by atoms with Crippen molar-refractivity contribution in [1.82, 2.24) is 0 Å². The van der Waals surface area contributed by atoms with E-state index in [1.807, 2.05) is 0 Å². The summed E-state index contributed by atoms with van der Waals surface area (Å²) in [5, 5.41) is 0.385. The fraction of sp³-hybridized carbons (Fsp3) is 0.125. The fourth-order valence-electron chi connectivity index (χ4n) is 0.749. The molecule has 0 atom stereocenters. The molecule has 0 amide bonds. The largest absolute Gasteiger partial charge is 0.374 e. The molecule has 1 aromatic rings. The third-order valence-corrected chi connectivity index (χ3v) is 1.51. The lowest BCUT2D eigenvalue weighted by atomic mass is 10.2. The Hall–Kier alpha value is -0.600. The van der Waals surface area contributed by atoms with Crippen molar-refractivity contribution in [3.8, 4) is 0 Å². The number of benzene rings is 1. The first kappa shape index (κ1) is 8.50. The van der Waals surface area contributed by atoms with E-state index in [9.17, 15) is 4.39 Å². The highest BCUT2D eigenvalue weighted by Crippen LogP contribution is 2.14. The molecular formula is C8H7ClFO. The molecule has 0 spiro atoms. The van der Waals surface area contributed by atoms with Crippen LogP contribution in [-0.4, -0.2) is 0 Å². The summed E-state index contributed by atoms with van der Waals surface area (Å²) in [6.45, 7) is 0.170. The Balaban J connectivity index is 2.90. The average Bonchev–Trinajstić information content (AvgIpc) is 1.95. The van der Waals surface area contributed by atoms with Crippen LogP contribution in [0.15, 0.2) is 18.2 Å². The molecule has 59 valence electrons. The van der Waals surface area contributed by atoms with Crippen LogP contribution in [0, 0.1) is 12.9 Å². The smallest absolute Gasteiger partial charge is 0.130 e. The maximum Gasteiger partial charge on any atom is 0.130 e. The zero-order chi connectivity index (χ0) is 8.27. The Labute approximate surface area is 69.7 Å². The van der Waals surface area contributed by atoms with Crippen LogP contribution in [0.3, 0.4) is 0 Å². The van der Waals surface area contributed by atoms with Gasteiger partial charge in [0.15, 0.2) is 0 Å². The van der Waals surface area contributed by atoms with Crippen LogP contribution in [0.5, 0.6) is 0 Å². The lowest BCUT2D eigenvalue weighted by Crippen LogP contribution is -1.90. The van der Waals surface area contributed by atoms with Gasteiger partial charge >= 0.3 is 0 Å². The molecule has 0 saturated heterocycles. The van der Waals surface area contributed by atoms with Crippen molar-refractivity contribution < 1.29 is 9.13 Å². The van der Waals surface area contributed by atoms with E-state index in [1.54, 1.807) is 12.1 Å². The van der Waals surface area contributed by atoms with Gasteiger partial charge in [-0.1, -0.05) is 17.7 Å². The Kier molecular flexibility index (Phi) is 2.85. The van der Waals surface area contributed by atoms with E-state index in [0.29, 0.717) is 10.6 Å². The predicted octanol–water partition coefficient (Wildman–Crippen LogP) is 2.79. The molecule has 0 unspecified atom stereocenters. The van der Waals surface area contributed by atoms with Crippen LogP contribution in [-0.2, 0) is 11.3 Å². The van der Waals surface area contributed by atoms with E-state index in [1.165, 1.54) is 6.07 Å². The molecule has 0 aromatic heterocycles. The molecule has 1 radical (unpaired) electrons. The molecule has 1 nitrogen and oxygen atoms in total. The summed E-state index contributed by atoms with van der Waals surface area (Å²) in [4.78, 5) is 0. The maximum absolute atomic E-state index is 12.8. The van der Waals surface area contributed by atoms with E-state index in [0.717, 1.165) is 0 Å². The quantitative estimate of drug-likeness (QED) is 0.668. The summed E-state index contributed by atoms with van der Waals surface area (Å²) in [5.74, 6) is -0.360. The first-order valence-corrected chi connectivity index (χ1v) is 3.42. The molecule has 0 heterocycles. The Morgan fingerprint density at radius 3 is 2.82 bits per heavy atom. The fourth-order valence-corrected chi connectivity index (χ4v) is 0.907. The summed E-state index contributed by atoms with van der Waals surface area (Å²) in [7, 11) is 3.14. The van der Waals surface area contributed by atoms with Crippen molar-refractivity contribution in [1.29, 1.82) is 0 Å². The Bertz CT molecular complexity index is 250. The van der Waals surface area contributed by atoms with Crippen LogP contribution in [0.2, 0.25) is 5.02 Å². The van der Waals surface area contributed by atoms with Gasteiger partial charge in [-0.05, 0) is 12.1 Å². The minimum Gasteiger partial charge on any atom is -0.374 e. The first-order valence-electron chi connectivity index (χ1n) is 3.05. The first-order chi connectivity index (χ1) is 5.24. The zero-order valence-corrected chi connectivity index (χ0v) is 6.57. The van der Waals surface area contributed by atoms with Gasteiger partial charge in [0.05, 0.1) is 13.7 Å². The van der Waals surface area contributed by atoms with E-state index in [-0.39, 0.29) is 12.4 Å². The molecular weight excluding hydrogens is 167 g/mol. The second kappa shape index (κ2) is 3.69. The molecule has 0 aliphatic heterocycles. The van der Waals surface area contributed by atoms with Gasteiger partial charge in [-0.2, -0.15) is 0 Å². The van der Waals surface area contributed by atoms with E-state index in [2.05, 4.69) is 11.8 Å². The van der Waals surface area contributed by atoms with Crippen molar-refractivity contribution in [2.45, 2.75) is 6.61 Å². The van der Waals surface area contributed by atoms with Gasteiger partial charge < -0.3 is 4.74 Å². The van der Waals surface area contributed by atoms with Gasteiger partial charge in [0.1, 0.15) is 5.82 Å². The van der Waals surface area contributed by atoms with E-state index < -0.39 is 0 Å². The molecule has 0 aliphatic rings. The molecule has 1 aromatic carbocycles. The van der Waals surface area contributed by atoms with Gasteiger partial charge in [0.2, 0.25) is 0 Å². The zero-order valence-electron chi connectivity index (χ0n) is 5.81. The molecule has 11 heavy (non-hydrogen) atoms. The van der Waals surface area contributed by atoms with Crippen molar-refractivity contribution in [3.05, 3.63) is 41.7 Å². The van der Waals surface area contributed by atoms with Gasteiger partial charge in [-0.3, -0.25) is 0 Å². The van der Waals surface area contributed by atoms with Gasteiger partial charge in [-0.15, -0.1) is 0 Å². The highest BCUT2D eigenvalue weighted by atomic mass is 35.5. The number of hydrogen-bond donors (Lipinski definition) is 0. The van der Waals surface area contributed by atoms with Gasteiger partial charge in [0, 0.05) is 10.6 Å². The lowest BCUT2D eigenvalue weighted by Gasteiger charge is -2.00. The number of halogens is 2. The van der Waals surface area contributed by atoms with Crippen LogP contribution in [0.1, 0.15) is 5.56 Å². The summed E-state index contributed by atoms with van der Waals surface area (Å²) in [6.07, 6.45) is 0. The van der Waals surface area contributed by atoms with Crippen LogP contribution >= 0.6 is 11.6 Å². The highest BCUT2D eigenvalue weighted by Gasteiger charge is 2.00. The monoisotopic (exact) mass is 173 g/mol. The minimum absolute atomic E-state index is 0.170. The molecule has 0 fully saturated rings. The molecule has 3 heteroatoms. The summed E-state index contributed by atoms with van der Waals surface area (Å²) >= 11 is 5.52. The summed E-state index contributed by atoms with van der Waals surface area (Å²) < 4.78 is 17.4. The average molecular weight is 174 g/mol.